The topological polar surface area (TPSA) is 134 Å². The minimum absolute atomic E-state index is 0.198. The standard InChI is InChI=1S/C28H27F2N9O/c29-28(30)10-2-13-39(24(40)9-11-31)25(28)23-17-33-12-14-38(23)22-7-5-21(6-8-22)36-27-35-18-34-26(37-27)20-4-1-3-19(15-20)16-32/h1,3-8,15,18,23,25,33H,2,9-10,12-14,17H2,(H,34,35,36,37)/t23-,25-/m0/s1. The molecule has 2 saturated heterocycles. The minimum Gasteiger partial charge on any atom is -0.364 e. The summed E-state index contributed by atoms with van der Waals surface area (Å²) in [6, 6.07) is 16.2. The van der Waals surface area contributed by atoms with Crippen molar-refractivity contribution in [2.24, 2.45) is 0 Å². The van der Waals surface area contributed by atoms with Crippen LogP contribution in [0, 0.1) is 22.7 Å². The van der Waals surface area contributed by atoms with E-state index in [1.807, 2.05) is 35.2 Å². The molecular formula is C28H27F2N9O. The molecule has 12 heteroatoms. The van der Waals surface area contributed by atoms with Crippen LogP contribution in [0.15, 0.2) is 54.9 Å². The van der Waals surface area contributed by atoms with E-state index in [2.05, 4.69) is 31.7 Å². The molecule has 0 saturated carbocycles. The van der Waals surface area contributed by atoms with E-state index in [0.717, 1.165) is 5.69 Å². The van der Waals surface area contributed by atoms with Crippen LogP contribution in [0.3, 0.4) is 0 Å². The van der Waals surface area contributed by atoms with E-state index < -0.39 is 30.3 Å². The maximum Gasteiger partial charge on any atom is 0.270 e. The third kappa shape index (κ3) is 5.67. The summed E-state index contributed by atoms with van der Waals surface area (Å²) in [6.07, 6.45) is 0.864. The van der Waals surface area contributed by atoms with Gasteiger partial charge in [0.25, 0.3) is 5.92 Å². The number of benzene rings is 2. The summed E-state index contributed by atoms with van der Waals surface area (Å²) in [5.74, 6) is -2.91. The number of nitrogens with one attached hydrogen (secondary N) is 2. The molecule has 0 unspecified atom stereocenters. The number of likely N-dealkylation sites (tertiary alicyclic amines) is 1. The Kier molecular flexibility index (Phi) is 7.80. The minimum atomic E-state index is -3.07. The SMILES string of the molecule is N#CCC(=O)N1CCCC(F)(F)[C@@H]1[C@@H]1CNCCN1c1ccc(Nc2ncnc(-c3cccc(C#N)c3)n2)cc1. The first-order chi connectivity index (χ1) is 19.4. The highest BCUT2D eigenvalue weighted by Crippen LogP contribution is 2.38. The quantitative estimate of drug-likeness (QED) is 0.479. The molecule has 0 spiro atoms. The Morgan fingerprint density at radius 3 is 2.75 bits per heavy atom. The summed E-state index contributed by atoms with van der Waals surface area (Å²) < 4.78 is 30.6. The number of carbonyl (C=O) groups is 1. The van der Waals surface area contributed by atoms with Crippen molar-refractivity contribution in [3.05, 3.63) is 60.4 Å². The Labute approximate surface area is 230 Å². The first-order valence-electron chi connectivity index (χ1n) is 13.0. The van der Waals surface area contributed by atoms with E-state index in [9.17, 15) is 4.79 Å². The Bertz CT molecular complexity index is 1450. The molecule has 0 radical (unpaired) electrons. The lowest BCUT2D eigenvalue weighted by Crippen LogP contribution is -2.68. The van der Waals surface area contributed by atoms with Gasteiger partial charge < -0.3 is 20.4 Å². The number of carbonyl (C=O) groups excluding carboxylic acids is 1. The highest BCUT2D eigenvalue weighted by Gasteiger charge is 2.53. The van der Waals surface area contributed by atoms with Crippen molar-refractivity contribution in [2.45, 2.75) is 37.3 Å². The van der Waals surface area contributed by atoms with E-state index in [0.29, 0.717) is 41.7 Å². The molecular weight excluding hydrogens is 516 g/mol. The number of aromatic nitrogens is 3. The van der Waals surface area contributed by atoms with Crippen molar-refractivity contribution in [3.63, 3.8) is 0 Å². The molecule has 2 atom stereocenters. The maximum atomic E-state index is 15.3. The fourth-order valence-electron chi connectivity index (χ4n) is 5.36. The normalized spacial score (nSPS) is 20.3. The smallest absolute Gasteiger partial charge is 0.270 e. The van der Waals surface area contributed by atoms with Gasteiger partial charge in [0.2, 0.25) is 11.9 Å². The number of halogens is 2. The van der Waals surface area contributed by atoms with Gasteiger partial charge in [0.1, 0.15) is 18.8 Å². The molecule has 3 heterocycles. The fraction of sp³-hybridized carbons (Fsp3) is 0.357. The summed E-state index contributed by atoms with van der Waals surface area (Å²) in [4.78, 5) is 28.6. The van der Waals surface area contributed by atoms with Gasteiger partial charge in [-0.15, -0.1) is 0 Å². The Morgan fingerprint density at radius 2 is 1.98 bits per heavy atom. The van der Waals surface area contributed by atoms with Crippen LogP contribution in [0.25, 0.3) is 11.4 Å². The van der Waals surface area contributed by atoms with Crippen molar-refractivity contribution in [3.8, 4) is 23.5 Å². The number of hydrogen-bond acceptors (Lipinski definition) is 9. The molecule has 3 aromatic rings. The van der Waals surface area contributed by atoms with Gasteiger partial charge in [0.15, 0.2) is 5.82 Å². The predicted molar refractivity (Wildman–Crippen MR) is 144 cm³/mol. The molecule has 0 aliphatic carbocycles. The number of nitrogens with zero attached hydrogens (tertiary/aromatic N) is 7. The van der Waals surface area contributed by atoms with Crippen molar-refractivity contribution in [1.29, 1.82) is 10.5 Å². The average molecular weight is 544 g/mol. The zero-order valence-corrected chi connectivity index (χ0v) is 21.6. The number of piperazine rings is 1. The van der Waals surface area contributed by atoms with Gasteiger partial charge in [-0.2, -0.15) is 15.5 Å². The Hall–Kier alpha value is -4.68. The molecule has 2 aliphatic heterocycles. The van der Waals surface area contributed by atoms with Crippen molar-refractivity contribution >= 4 is 23.2 Å². The molecule has 204 valence electrons. The molecule has 1 aromatic heterocycles. The number of alkyl halides is 2. The van der Waals surface area contributed by atoms with Crippen LogP contribution in [-0.4, -0.2) is 69.9 Å². The average Bonchev–Trinajstić information content (AvgIpc) is 2.97. The van der Waals surface area contributed by atoms with E-state index >= 15 is 8.78 Å². The zero-order valence-electron chi connectivity index (χ0n) is 21.6. The van der Waals surface area contributed by atoms with E-state index in [1.165, 1.54) is 11.2 Å². The fourth-order valence-corrected chi connectivity index (χ4v) is 5.36. The van der Waals surface area contributed by atoms with Gasteiger partial charge in [-0.05, 0) is 42.8 Å². The van der Waals surface area contributed by atoms with Crippen molar-refractivity contribution < 1.29 is 13.6 Å². The second-order valence-corrected chi connectivity index (χ2v) is 9.69. The van der Waals surface area contributed by atoms with Crippen LogP contribution < -0.4 is 15.5 Å². The number of rotatable bonds is 6. The molecule has 2 fully saturated rings. The van der Waals surface area contributed by atoms with E-state index in [1.54, 1.807) is 24.3 Å². The summed E-state index contributed by atoms with van der Waals surface area (Å²) in [5, 5.41) is 24.5. The molecule has 40 heavy (non-hydrogen) atoms. The number of nitriles is 2. The highest BCUT2D eigenvalue weighted by molar-refractivity contribution is 5.79. The summed E-state index contributed by atoms with van der Waals surface area (Å²) in [5.41, 5.74) is 2.62. The summed E-state index contributed by atoms with van der Waals surface area (Å²) in [7, 11) is 0. The van der Waals surface area contributed by atoms with Gasteiger partial charge in [-0.1, -0.05) is 12.1 Å². The maximum absolute atomic E-state index is 15.3. The first kappa shape index (κ1) is 26.9. The lowest BCUT2D eigenvalue weighted by Gasteiger charge is -2.50. The molecule has 2 aromatic carbocycles. The lowest BCUT2D eigenvalue weighted by atomic mass is 9.89. The van der Waals surface area contributed by atoms with E-state index in [-0.39, 0.29) is 25.9 Å². The van der Waals surface area contributed by atoms with Gasteiger partial charge in [-0.3, -0.25) is 4.79 Å². The molecule has 5 rings (SSSR count). The molecule has 2 N–H and O–H groups in total. The van der Waals surface area contributed by atoms with Gasteiger partial charge in [0.05, 0.1) is 23.7 Å². The van der Waals surface area contributed by atoms with Crippen LogP contribution in [0.5, 0.6) is 0 Å². The van der Waals surface area contributed by atoms with Crippen LogP contribution in [0.1, 0.15) is 24.8 Å². The van der Waals surface area contributed by atoms with E-state index in [4.69, 9.17) is 10.5 Å². The number of anilines is 3. The number of piperidine rings is 1. The molecule has 10 nitrogen and oxygen atoms in total. The van der Waals surface area contributed by atoms with Gasteiger partial charge >= 0.3 is 0 Å². The third-order valence-electron chi connectivity index (χ3n) is 7.15. The summed E-state index contributed by atoms with van der Waals surface area (Å²) in [6.45, 7) is 1.60. The van der Waals surface area contributed by atoms with Crippen molar-refractivity contribution in [1.82, 2.24) is 25.2 Å². The second kappa shape index (κ2) is 11.6. The third-order valence-corrected chi connectivity index (χ3v) is 7.15. The lowest BCUT2D eigenvalue weighted by molar-refractivity contribution is -0.157. The highest BCUT2D eigenvalue weighted by atomic mass is 19.3. The van der Waals surface area contributed by atoms with Crippen LogP contribution in [-0.2, 0) is 4.79 Å². The van der Waals surface area contributed by atoms with Gasteiger partial charge in [0, 0.05) is 49.5 Å². The number of amides is 1. The Morgan fingerprint density at radius 1 is 1.15 bits per heavy atom. The zero-order chi connectivity index (χ0) is 28.1. The molecule has 2 aliphatic rings. The van der Waals surface area contributed by atoms with Crippen LogP contribution in [0.4, 0.5) is 26.1 Å². The Balaban J connectivity index is 1.36. The molecule has 0 bridgehead atoms. The number of hydrogen-bond donors (Lipinski definition) is 2. The van der Waals surface area contributed by atoms with Crippen LogP contribution >= 0.6 is 0 Å². The molecule has 1 amide bonds. The van der Waals surface area contributed by atoms with Crippen LogP contribution in [0.2, 0.25) is 0 Å². The summed E-state index contributed by atoms with van der Waals surface area (Å²) >= 11 is 0. The largest absolute Gasteiger partial charge is 0.364 e. The second-order valence-electron chi connectivity index (χ2n) is 9.69. The first-order valence-corrected chi connectivity index (χ1v) is 13.0. The van der Waals surface area contributed by atoms with Gasteiger partial charge in [-0.25, -0.2) is 18.7 Å². The van der Waals surface area contributed by atoms with Crippen molar-refractivity contribution in [2.75, 3.05) is 36.4 Å². The monoisotopic (exact) mass is 543 g/mol. The predicted octanol–water partition coefficient (Wildman–Crippen LogP) is 3.47.